The summed E-state index contributed by atoms with van der Waals surface area (Å²) in [5, 5.41) is 3.47. The molecule has 1 amide bonds. The van der Waals surface area contributed by atoms with Crippen molar-refractivity contribution in [3.63, 3.8) is 0 Å². The van der Waals surface area contributed by atoms with Gasteiger partial charge in [-0.1, -0.05) is 36.0 Å². The number of aromatic nitrogens is 2. The van der Waals surface area contributed by atoms with Gasteiger partial charge in [0.05, 0.1) is 16.8 Å². The number of carbonyl (C=O) groups excluding carboxylic acids is 1. The predicted octanol–water partition coefficient (Wildman–Crippen LogP) is 3.17. The summed E-state index contributed by atoms with van der Waals surface area (Å²) in [4.78, 5) is 16.2. The van der Waals surface area contributed by atoms with Crippen LogP contribution in [-0.2, 0) is 4.79 Å². The van der Waals surface area contributed by atoms with Crippen molar-refractivity contribution in [3.8, 4) is 5.69 Å². The van der Waals surface area contributed by atoms with E-state index in [1.54, 1.807) is 7.05 Å². The van der Waals surface area contributed by atoms with E-state index in [0.717, 1.165) is 21.9 Å². The Balaban J connectivity index is 2.11. The smallest absolute Gasteiger partial charge is 0.230 e. The topological polar surface area (TPSA) is 46.9 Å². The Morgan fingerprint density at radius 1 is 1.23 bits per heavy atom. The van der Waals surface area contributed by atoms with E-state index >= 15 is 0 Å². The fraction of sp³-hybridized carbons (Fsp3) is 0.176. The standard InChI is InChI=1S/C17H17N3OS/c1-12-6-5-7-13(10-12)20-15-9-4-3-8-14(15)19-17(20)22-11-16(21)18-2/h3-10H,11H2,1-2H3,(H,18,21). The Hall–Kier alpha value is -2.27. The van der Waals surface area contributed by atoms with Crippen molar-refractivity contribution >= 4 is 28.7 Å². The molecule has 112 valence electrons. The van der Waals surface area contributed by atoms with Gasteiger partial charge in [0.25, 0.3) is 0 Å². The van der Waals surface area contributed by atoms with Gasteiger partial charge < -0.3 is 5.32 Å². The summed E-state index contributed by atoms with van der Waals surface area (Å²) in [5.74, 6) is 0.346. The van der Waals surface area contributed by atoms with Crippen molar-refractivity contribution < 1.29 is 4.79 Å². The molecular weight excluding hydrogens is 294 g/mol. The van der Waals surface area contributed by atoms with Crippen LogP contribution in [-0.4, -0.2) is 28.3 Å². The summed E-state index contributed by atoms with van der Waals surface area (Å²) in [6, 6.07) is 16.3. The van der Waals surface area contributed by atoms with Gasteiger partial charge in [0.2, 0.25) is 5.91 Å². The van der Waals surface area contributed by atoms with Crippen LogP contribution < -0.4 is 5.32 Å². The van der Waals surface area contributed by atoms with Crippen LogP contribution in [0.2, 0.25) is 0 Å². The van der Waals surface area contributed by atoms with Gasteiger partial charge in [-0.05, 0) is 36.8 Å². The highest BCUT2D eigenvalue weighted by atomic mass is 32.2. The van der Waals surface area contributed by atoms with E-state index < -0.39 is 0 Å². The molecule has 1 aromatic heterocycles. The van der Waals surface area contributed by atoms with E-state index in [2.05, 4.69) is 46.1 Å². The third-order valence-electron chi connectivity index (χ3n) is 3.40. The Labute approximate surface area is 133 Å². The maximum atomic E-state index is 11.5. The Morgan fingerprint density at radius 3 is 2.82 bits per heavy atom. The van der Waals surface area contributed by atoms with Crippen molar-refractivity contribution in [1.82, 2.24) is 14.9 Å². The number of rotatable bonds is 4. The minimum atomic E-state index is -0.00662. The molecule has 2 aromatic carbocycles. The molecule has 0 saturated heterocycles. The van der Waals surface area contributed by atoms with Gasteiger partial charge in [-0.2, -0.15) is 0 Å². The third kappa shape index (κ3) is 2.85. The maximum Gasteiger partial charge on any atom is 0.230 e. The van der Waals surface area contributed by atoms with Gasteiger partial charge in [-0.3, -0.25) is 9.36 Å². The Kier molecular flexibility index (Phi) is 4.15. The summed E-state index contributed by atoms with van der Waals surface area (Å²) in [6.07, 6.45) is 0. The molecule has 0 saturated carbocycles. The average Bonchev–Trinajstić information content (AvgIpc) is 2.90. The summed E-state index contributed by atoms with van der Waals surface area (Å²) < 4.78 is 2.11. The summed E-state index contributed by atoms with van der Waals surface area (Å²) in [7, 11) is 1.65. The number of fused-ring (bicyclic) bond motifs is 1. The number of carbonyl (C=O) groups is 1. The fourth-order valence-electron chi connectivity index (χ4n) is 2.32. The average molecular weight is 311 g/mol. The van der Waals surface area contributed by atoms with Gasteiger partial charge >= 0.3 is 0 Å². The molecule has 0 aliphatic rings. The molecule has 0 atom stereocenters. The zero-order chi connectivity index (χ0) is 15.5. The van der Waals surface area contributed by atoms with Crippen LogP contribution in [0.5, 0.6) is 0 Å². The second-order valence-electron chi connectivity index (χ2n) is 5.02. The molecule has 0 radical (unpaired) electrons. The largest absolute Gasteiger partial charge is 0.358 e. The Morgan fingerprint density at radius 2 is 2.05 bits per heavy atom. The molecule has 0 unspecified atom stereocenters. The lowest BCUT2D eigenvalue weighted by Crippen LogP contribution is -2.20. The number of amides is 1. The lowest BCUT2D eigenvalue weighted by atomic mass is 10.2. The van der Waals surface area contributed by atoms with Gasteiger partial charge in [-0.15, -0.1) is 0 Å². The first-order valence-electron chi connectivity index (χ1n) is 7.07. The molecule has 5 heteroatoms. The van der Waals surface area contributed by atoms with E-state index in [-0.39, 0.29) is 5.91 Å². The highest BCUT2D eigenvalue weighted by molar-refractivity contribution is 7.99. The highest BCUT2D eigenvalue weighted by Gasteiger charge is 2.13. The van der Waals surface area contributed by atoms with Crippen molar-refractivity contribution in [1.29, 1.82) is 0 Å². The van der Waals surface area contributed by atoms with Crippen LogP contribution in [0.15, 0.2) is 53.7 Å². The first-order chi connectivity index (χ1) is 10.7. The number of para-hydroxylation sites is 2. The molecular formula is C17H17N3OS. The summed E-state index contributed by atoms with van der Waals surface area (Å²) in [6.45, 7) is 2.07. The zero-order valence-electron chi connectivity index (χ0n) is 12.5. The number of imidazole rings is 1. The molecule has 0 bridgehead atoms. The highest BCUT2D eigenvalue weighted by Crippen LogP contribution is 2.28. The zero-order valence-corrected chi connectivity index (χ0v) is 13.4. The normalized spacial score (nSPS) is 10.8. The van der Waals surface area contributed by atoms with Crippen LogP contribution in [0.25, 0.3) is 16.7 Å². The molecule has 3 rings (SSSR count). The van der Waals surface area contributed by atoms with Crippen LogP contribution in [0.1, 0.15) is 5.56 Å². The van der Waals surface area contributed by atoms with Crippen molar-refractivity contribution in [2.24, 2.45) is 0 Å². The monoisotopic (exact) mass is 311 g/mol. The molecule has 1 heterocycles. The second-order valence-corrected chi connectivity index (χ2v) is 5.96. The van der Waals surface area contributed by atoms with Crippen molar-refractivity contribution in [3.05, 3.63) is 54.1 Å². The van der Waals surface area contributed by atoms with Crippen LogP contribution in [0.4, 0.5) is 0 Å². The molecule has 22 heavy (non-hydrogen) atoms. The molecule has 3 aromatic rings. The Bertz CT molecular complexity index is 826. The van der Waals surface area contributed by atoms with E-state index in [1.807, 2.05) is 24.3 Å². The number of aryl methyl sites for hydroxylation is 1. The van der Waals surface area contributed by atoms with Crippen molar-refractivity contribution in [2.45, 2.75) is 12.1 Å². The van der Waals surface area contributed by atoms with Gasteiger partial charge in [0, 0.05) is 12.7 Å². The first kappa shape index (κ1) is 14.7. The van der Waals surface area contributed by atoms with E-state index in [1.165, 1.54) is 17.3 Å². The van der Waals surface area contributed by atoms with Gasteiger partial charge in [0.1, 0.15) is 0 Å². The maximum absolute atomic E-state index is 11.5. The molecule has 0 fully saturated rings. The number of nitrogens with one attached hydrogen (secondary N) is 1. The first-order valence-corrected chi connectivity index (χ1v) is 8.05. The third-order valence-corrected chi connectivity index (χ3v) is 4.34. The lowest BCUT2D eigenvalue weighted by Gasteiger charge is -2.09. The number of hydrogen-bond acceptors (Lipinski definition) is 3. The van der Waals surface area contributed by atoms with E-state index in [0.29, 0.717) is 5.75 Å². The van der Waals surface area contributed by atoms with Crippen LogP contribution in [0.3, 0.4) is 0 Å². The predicted molar refractivity (Wildman–Crippen MR) is 90.6 cm³/mol. The molecule has 4 nitrogen and oxygen atoms in total. The number of nitrogens with zero attached hydrogens (tertiary/aromatic N) is 2. The summed E-state index contributed by atoms with van der Waals surface area (Å²) >= 11 is 1.45. The molecule has 0 aliphatic carbocycles. The minimum Gasteiger partial charge on any atom is -0.358 e. The molecule has 0 aliphatic heterocycles. The minimum absolute atomic E-state index is 0.00662. The fourth-order valence-corrected chi connectivity index (χ4v) is 3.22. The van der Waals surface area contributed by atoms with Crippen LogP contribution >= 0.6 is 11.8 Å². The number of thioether (sulfide) groups is 1. The number of benzene rings is 2. The molecule has 0 spiro atoms. The lowest BCUT2D eigenvalue weighted by molar-refractivity contribution is -0.118. The summed E-state index contributed by atoms with van der Waals surface area (Å²) in [5.41, 5.74) is 4.24. The van der Waals surface area contributed by atoms with Crippen molar-refractivity contribution in [2.75, 3.05) is 12.8 Å². The second kappa shape index (κ2) is 6.23. The SMILES string of the molecule is CNC(=O)CSc1nc2ccccc2n1-c1cccc(C)c1. The quantitative estimate of drug-likeness (QED) is 0.753. The van der Waals surface area contributed by atoms with E-state index in [9.17, 15) is 4.79 Å². The molecule has 1 N–H and O–H groups in total. The number of hydrogen-bond donors (Lipinski definition) is 1. The van der Waals surface area contributed by atoms with Gasteiger partial charge in [0.15, 0.2) is 5.16 Å². The van der Waals surface area contributed by atoms with Crippen LogP contribution in [0, 0.1) is 6.92 Å². The van der Waals surface area contributed by atoms with E-state index in [4.69, 9.17) is 0 Å². The van der Waals surface area contributed by atoms with Gasteiger partial charge in [-0.25, -0.2) is 4.98 Å².